The van der Waals surface area contributed by atoms with Crippen LogP contribution in [-0.4, -0.2) is 83.7 Å². The molecular formula is C26H35ClN6O3. The van der Waals surface area contributed by atoms with Crippen molar-refractivity contribution in [3.8, 4) is 0 Å². The van der Waals surface area contributed by atoms with E-state index in [4.69, 9.17) is 16.3 Å². The maximum atomic E-state index is 14.1. The zero-order chi connectivity index (χ0) is 25.9. The van der Waals surface area contributed by atoms with Crippen LogP contribution in [0.2, 0.25) is 5.02 Å². The molecule has 4 rings (SSSR count). The normalized spacial score (nSPS) is 18.1. The molecular weight excluding hydrogens is 480 g/mol. The molecule has 2 aliphatic heterocycles. The molecule has 0 atom stereocenters. The lowest BCUT2D eigenvalue weighted by Crippen LogP contribution is -2.58. The van der Waals surface area contributed by atoms with Gasteiger partial charge in [0.2, 0.25) is 5.91 Å². The van der Waals surface area contributed by atoms with E-state index in [-0.39, 0.29) is 12.0 Å². The summed E-state index contributed by atoms with van der Waals surface area (Å²) < 4.78 is 5.57. The molecule has 1 N–H and O–H groups in total. The molecule has 36 heavy (non-hydrogen) atoms. The van der Waals surface area contributed by atoms with Gasteiger partial charge in [0, 0.05) is 57.4 Å². The first kappa shape index (κ1) is 26.0. The Morgan fingerprint density at radius 3 is 2.19 bits per heavy atom. The summed E-state index contributed by atoms with van der Waals surface area (Å²) >= 11 is 6.16. The Hall–Kier alpha value is -3.07. The van der Waals surface area contributed by atoms with Crippen molar-refractivity contribution < 1.29 is 14.3 Å². The second-order valence-corrected chi connectivity index (χ2v) is 10.8. The number of aromatic nitrogens is 2. The highest BCUT2D eigenvalue weighted by atomic mass is 35.5. The Morgan fingerprint density at radius 1 is 0.972 bits per heavy atom. The van der Waals surface area contributed by atoms with Gasteiger partial charge in [0.05, 0.1) is 5.41 Å². The zero-order valence-electron chi connectivity index (χ0n) is 21.5. The predicted octanol–water partition coefficient (Wildman–Crippen LogP) is 3.79. The minimum absolute atomic E-state index is 0.104. The quantitative estimate of drug-likeness (QED) is 0.663. The number of hydrogen-bond acceptors (Lipinski definition) is 7. The van der Waals surface area contributed by atoms with Crippen LogP contribution in [0.25, 0.3) is 0 Å². The number of amides is 2. The highest BCUT2D eigenvalue weighted by molar-refractivity contribution is 6.30. The molecule has 9 nitrogen and oxygen atoms in total. The number of anilines is 2. The number of carbonyl (C=O) groups excluding carboxylic acids is 2. The molecule has 2 aliphatic rings. The van der Waals surface area contributed by atoms with Crippen LogP contribution in [0.4, 0.5) is 16.4 Å². The number of piperazine rings is 1. The van der Waals surface area contributed by atoms with E-state index in [1.165, 1.54) is 0 Å². The van der Waals surface area contributed by atoms with Gasteiger partial charge >= 0.3 is 6.09 Å². The molecule has 1 aromatic carbocycles. The molecule has 0 spiro atoms. The maximum absolute atomic E-state index is 14.1. The third-order valence-electron chi connectivity index (χ3n) is 6.87. The van der Waals surface area contributed by atoms with Crippen molar-refractivity contribution in [2.45, 2.75) is 44.6 Å². The van der Waals surface area contributed by atoms with Crippen molar-refractivity contribution in [3.63, 3.8) is 0 Å². The number of halogens is 1. The fraction of sp³-hybridized carbons (Fsp3) is 0.538. The van der Waals surface area contributed by atoms with Crippen molar-refractivity contribution in [2.24, 2.45) is 0 Å². The van der Waals surface area contributed by atoms with Crippen LogP contribution in [0, 0.1) is 0 Å². The van der Waals surface area contributed by atoms with Crippen LogP contribution < -0.4 is 10.2 Å². The largest absolute Gasteiger partial charge is 0.444 e. The highest BCUT2D eigenvalue weighted by Gasteiger charge is 2.46. The van der Waals surface area contributed by atoms with E-state index >= 15 is 0 Å². The summed E-state index contributed by atoms with van der Waals surface area (Å²) in [5, 5.41) is 3.67. The van der Waals surface area contributed by atoms with Gasteiger partial charge < -0.3 is 24.8 Å². The smallest absolute Gasteiger partial charge is 0.410 e. The first-order chi connectivity index (χ1) is 17.1. The van der Waals surface area contributed by atoms with Gasteiger partial charge in [-0.15, -0.1) is 0 Å². The summed E-state index contributed by atoms with van der Waals surface area (Å²) in [7, 11) is 1.83. The van der Waals surface area contributed by atoms with E-state index in [2.05, 4.69) is 20.2 Å². The topological polar surface area (TPSA) is 90.9 Å². The van der Waals surface area contributed by atoms with Gasteiger partial charge in [-0.3, -0.25) is 4.79 Å². The Kier molecular flexibility index (Phi) is 7.59. The molecule has 0 radical (unpaired) electrons. The standard InChI is InChI=1S/C26H35ClN6O3/c1-25(2,3)36-24(35)33-11-9-26(10-12-33,19-5-7-20(27)8-6-19)23(34)32-15-13-31(14-16-32)22-17-21(28-4)29-18-30-22/h5-8,17-18H,9-16H2,1-4H3,(H,28,29,30). The van der Waals surface area contributed by atoms with E-state index in [1.54, 1.807) is 11.2 Å². The van der Waals surface area contributed by atoms with Crippen molar-refractivity contribution >= 4 is 35.2 Å². The molecule has 2 aromatic rings. The van der Waals surface area contributed by atoms with Crippen molar-refractivity contribution in [1.82, 2.24) is 19.8 Å². The molecule has 2 amide bonds. The maximum Gasteiger partial charge on any atom is 0.410 e. The van der Waals surface area contributed by atoms with Gasteiger partial charge in [0.15, 0.2) is 0 Å². The number of nitrogens with zero attached hydrogens (tertiary/aromatic N) is 5. The van der Waals surface area contributed by atoms with Crippen LogP contribution in [0.5, 0.6) is 0 Å². The first-order valence-corrected chi connectivity index (χ1v) is 12.8. The molecule has 10 heteroatoms. The first-order valence-electron chi connectivity index (χ1n) is 12.4. The lowest BCUT2D eigenvalue weighted by Gasteiger charge is -2.45. The molecule has 2 saturated heterocycles. The van der Waals surface area contributed by atoms with Crippen LogP contribution in [0.15, 0.2) is 36.7 Å². The van der Waals surface area contributed by atoms with E-state index in [0.29, 0.717) is 57.1 Å². The Balaban J connectivity index is 1.50. The number of hydrogen-bond donors (Lipinski definition) is 1. The van der Waals surface area contributed by atoms with Crippen molar-refractivity contribution in [2.75, 3.05) is 56.5 Å². The van der Waals surface area contributed by atoms with Crippen LogP contribution in [0.3, 0.4) is 0 Å². The van der Waals surface area contributed by atoms with E-state index in [1.807, 2.05) is 63.1 Å². The SMILES string of the molecule is CNc1cc(N2CCN(C(=O)C3(c4ccc(Cl)cc4)CCN(C(=O)OC(C)(C)C)CC3)CC2)ncn1. The lowest BCUT2D eigenvalue weighted by atomic mass is 9.71. The summed E-state index contributed by atoms with van der Waals surface area (Å²) in [4.78, 5) is 41.2. The second-order valence-electron chi connectivity index (χ2n) is 10.3. The van der Waals surface area contributed by atoms with Gasteiger partial charge in [-0.25, -0.2) is 14.8 Å². The van der Waals surface area contributed by atoms with Gasteiger partial charge in [-0.2, -0.15) is 0 Å². The Morgan fingerprint density at radius 2 is 1.61 bits per heavy atom. The fourth-order valence-electron chi connectivity index (χ4n) is 4.89. The predicted molar refractivity (Wildman–Crippen MR) is 141 cm³/mol. The van der Waals surface area contributed by atoms with Crippen molar-refractivity contribution in [3.05, 3.63) is 47.2 Å². The number of nitrogens with one attached hydrogen (secondary N) is 1. The summed E-state index contributed by atoms with van der Waals surface area (Å²) in [5.74, 6) is 1.71. The Labute approximate surface area is 217 Å². The average Bonchev–Trinajstić information content (AvgIpc) is 2.88. The summed E-state index contributed by atoms with van der Waals surface area (Å²) in [6.07, 6.45) is 2.28. The third-order valence-corrected chi connectivity index (χ3v) is 7.13. The number of likely N-dealkylation sites (tertiary alicyclic amines) is 1. The highest BCUT2D eigenvalue weighted by Crippen LogP contribution is 2.39. The molecule has 194 valence electrons. The average molecular weight is 515 g/mol. The molecule has 0 unspecified atom stereocenters. The molecule has 0 aliphatic carbocycles. The van der Waals surface area contributed by atoms with Crippen molar-refractivity contribution in [1.29, 1.82) is 0 Å². The van der Waals surface area contributed by atoms with Gasteiger partial charge in [0.1, 0.15) is 23.6 Å². The van der Waals surface area contributed by atoms with E-state index in [0.717, 1.165) is 17.2 Å². The molecule has 1 aromatic heterocycles. The number of carbonyl (C=O) groups is 2. The third kappa shape index (κ3) is 5.67. The fourth-order valence-corrected chi connectivity index (χ4v) is 5.02. The van der Waals surface area contributed by atoms with Crippen LogP contribution >= 0.6 is 11.6 Å². The minimum Gasteiger partial charge on any atom is -0.444 e. The summed E-state index contributed by atoms with van der Waals surface area (Å²) in [5.41, 5.74) is -0.327. The minimum atomic E-state index is -0.709. The molecule has 0 saturated carbocycles. The number of ether oxygens (including phenoxy) is 1. The summed E-state index contributed by atoms with van der Waals surface area (Å²) in [6.45, 7) is 9.06. The van der Waals surface area contributed by atoms with E-state index < -0.39 is 11.0 Å². The molecule has 0 bridgehead atoms. The Bertz CT molecular complexity index is 1070. The van der Waals surface area contributed by atoms with E-state index in [9.17, 15) is 9.59 Å². The number of piperidine rings is 1. The number of benzene rings is 1. The molecule has 2 fully saturated rings. The number of rotatable bonds is 4. The van der Waals surface area contributed by atoms with Gasteiger partial charge in [-0.1, -0.05) is 23.7 Å². The zero-order valence-corrected chi connectivity index (χ0v) is 22.2. The van der Waals surface area contributed by atoms with Crippen LogP contribution in [-0.2, 0) is 14.9 Å². The summed E-state index contributed by atoms with van der Waals surface area (Å²) in [6, 6.07) is 9.47. The van der Waals surface area contributed by atoms with Crippen LogP contribution in [0.1, 0.15) is 39.2 Å². The monoisotopic (exact) mass is 514 g/mol. The van der Waals surface area contributed by atoms with Gasteiger partial charge in [-0.05, 0) is 51.3 Å². The lowest BCUT2D eigenvalue weighted by molar-refractivity contribution is -0.140. The van der Waals surface area contributed by atoms with Gasteiger partial charge in [0.25, 0.3) is 0 Å². The second kappa shape index (κ2) is 10.5. The molecule has 3 heterocycles.